The van der Waals surface area contributed by atoms with Crippen LogP contribution in [0.5, 0.6) is 0 Å². The van der Waals surface area contributed by atoms with Crippen LogP contribution < -0.4 is 27.6 Å². The molecule has 0 radical (unpaired) electrons. The van der Waals surface area contributed by atoms with Gasteiger partial charge in [0.2, 0.25) is 0 Å². The summed E-state index contributed by atoms with van der Waals surface area (Å²) in [5.74, 6) is -2.68. The summed E-state index contributed by atoms with van der Waals surface area (Å²) in [7, 11) is 0. The first-order valence-electron chi connectivity index (χ1n) is 11.5. The van der Waals surface area contributed by atoms with E-state index in [2.05, 4.69) is 16.1 Å². The Morgan fingerprint density at radius 2 is 1.86 bits per heavy atom. The number of alkyl halides is 2. The van der Waals surface area contributed by atoms with Gasteiger partial charge in [0.15, 0.2) is 11.6 Å². The number of aromatic nitrogens is 1. The predicted octanol–water partition coefficient (Wildman–Crippen LogP) is 2.17. The third kappa shape index (κ3) is 4.02. The number of nitrogens with two attached hydrogens (primary N) is 2. The number of nitrogens with zero attached hydrogens (tertiary/aromatic N) is 1. The molecule has 196 valence electrons. The van der Waals surface area contributed by atoms with E-state index in [9.17, 15) is 31.9 Å². The molecule has 1 aliphatic heterocycles. The fourth-order valence-corrected chi connectivity index (χ4v) is 5.51. The number of halogens is 4. The molecule has 2 saturated carbocycles. The molecular weight excluding hydrogens is 496 g/mol. The number of benzene rings is 1. The van der Waals surface area contributed by atoms with E-state index in [0.29, 0.717) is 12.1 Å². The van der Waals surface area contributed by atoms with Crippen molar-refractivity contribution in [3.05, 3.63) is 64.2 Å². The fourth-order valence-electron chi connectivity index (χ4n) is 5.51. The average molecular weight is 520 g/mol. The monoisotopic (exact) mass is 520 g/mol. The molecule has 1 aromatic carbocycles. The van der Waals surface area contributed by atoms with Gasteiger partial charge in [-0.3, -0.25) is 20.2 Å². The molecule has 2 atom stereocenters. The van der Waals surface area contributed by atoms with Crippen molar-refractivity contribution in [2.75, 3.05) is 5.32 Å². The lowest BCUT2D eigenvalue weighted by molar-refractivity contribution is -0.137. The highest BCUT2D eigenvalue weighted by Crippen LogP contribution is 2.54. The Morgan fingerprint density at radius 1 is 1.16 bits per heavy atom. The van der Waals surface area contributed by atoms with Crippen LogP contribution >= 0.6 is 0 Å². The molecule has 0 spiro atoms. The maximum Gasteiger partial charge on any atom is 0.293 e. The Labute approximate surface area is 208 Å². The van der Waals surface area contributed by atoms with E-state index in [0.717, 1.165) is 24.8 Å². The summed E-state index contributed by atoms with van der Waals surface area (Å²) >= 11 is 0. The van der Waals surface area contributed by atoms with Crippen molar-refractivity contribution in [2.45, 2.75) is 50.1 Å². The highest BCUT2D eigenvalue weighted by Gasteiger charge is 2.59. The third-order valence-corrected chi connectivity index (χ3v) is 7.31. The summed E-state index contributed by atoms with van der Waals surface area (Å²) in [5.41, 5.74) is 7.05. The van der Waals surface area contributed by atoms with Crippen LogP contribution in [-0.4, -0.2) is 33.6 Å². The number of rotatable bonds is 7. The van der Waals surface area contributed by atoms with Crippen molar-refractivity contribution in [2.24, 2.45) is 17.5 Å². The van der Waals surface area contributed by atoms with Gasteiger partial charge in [-0.05, 0) is 43.4 Å². The Balaban J connectivity index is 1.45. The molecule has 1 aromatic heterocycles. The zero-order valence-electron chi connectivity index (χ0n) is 19.6. The number of Topliss-reactive ketones (excluding diaryl/α,β-unsaturated/α-hetero) is 1. The van der Waals surface area contributed by atoms with Crippen LogP contribution in [0.2, 0.25) is 0 Å². The van der Waals surface area contributed by atoms with E-state index in [1.807, 2.05) is 0 Å². The van der Waals surface area contributed by atoms with Gasteiger partial charge in [-0.1, -0.05) is 0 Å². The number of anilines is 1. The molecule has 2 amide bonds. The Kier molecular flexibility index (Phi) is 5.59. The molecule has 0 saturated heterocycles. The van der Waals surface area contributed by atoms with Gasteiger partial charge in [0, 0.05) is 42.5 Å². The second-order valence-electron chi connectivity index (χ2n) is 9.86. The van der Waals surface area contributed by atoms with Gasteiger partial charge in [-0.15, -0.1) is 0 Å². The number of nitrogens with one attached hydrogen (secondary N) is 3. The van der Waals surface area contributed by atoms with Gasteiger partial charge >= 0.3 is 0 Å². The lowest BCUT2D eigenvalue weighted by Gasteiger charge is -2.47. The van der Waals surface area contributed by atoms with Gasteiger partial charge in [0.05, 0.1) is 16.8 Å². The summed E-state index contributed by atoms with van der Waals surface area (Å²) < 4.78 is 56.1. The van der Waals surface area contributed by atoms with Gasteiger partial charge in [-0.2, -0.15) is 0 Å². The minimum Gasteiger partial charge on any atom is -0.399 e. The fraction of sp³-hybridized carbons (Fsp3) is 0.375. The molecule has 37 heavy (non-hydrogen) atoms. The number of hydrogen-bond acceptors (Lipinski definition) is 6. The topological polar surface area (TPSA) is 144 Å². The van der Waals surface area contributed by atoms with E-state index in [1.54, 1.807) is 4.57 Å². The molecule has 5 rings (SSSR count). The zero-order chi connectivity index (χ0) is 26.9. The van der Waals surface area contributed by atoms with Crippen LogP contribution in [0.15, 0.2) is 30.1 Å². The number of hydrazine groups is 1. The second kappa shape index (κ2) is 8.33. The number of ketones is 1. The Hall–Kier alpha value is -3.87. The Morgan fingerprint density at radius 3 is 2.49 bits per heavy atom. The number of amides is 2. The molecule has 2 aliphatic carbocycles. The van der Waals surface area contributed by atoms with Crippen LogP contribution in [0, 0.1) is 24.5 Å². The molecule has 9 nitrogen and oxygen atoms in total. The standard InChI is InChI=1S/C24H24F4N6O3/c1-10-18(20(35)22(37)33-23(17(29)7-31-30)8-24(27,28)9-23)16-5-11-4-15(11)34(16)19(10)21(36)32-12-2-3-13(25)14(26)6-12/h2-3,6-7,11,15,31H,4-5,8-9,29-30H2,1H3,(H,32,36)(H,33,37)/b17-7-. The van der Waals surface area contributed by atoms with Gasteiger partial charge < -0.3 is 26.4 Å². The van der Waals surface area contributed by atoms with Crippen molar-refractivity contribution in [3.8, 4) is 0 Å². The second-order valence-corrected chi connectivity index (χ2v) is 9.86. The molecule has 3 aliphatic rings. The summed E-state index contributed by atoms with van der Waals surface area (Å²) in [4.78, 5) is 39.6. The lowest BCUT2D eigenvalue weighted by atomic mass is 9.71. The molecule has 13 heteroatoms. The van der Waals surface area contributed by atoms with Crippen molar-refractivity contribution in [1.29, 1.82) is 0 Å². The minimum absolute atomic E-state index is 0.0124. The van der Waals surface area contributed by atoms with E-state index in [1.165, 1.54) is 13.0 Å². The van der Waals surface area contributed by atoms with E-state index in [-0.39, 0.29) is 40.2 Å². The number of carbonyl (C=O) groups is 3. The van der Waals surface area contributed by atoms with Crippen molar-refractivity contribution in [1.82, 2.24) is 15.3 Å². The third-order valence-electron chi connectivity index (χ3n) is 7.31. The Bertz CT molecular complexity index is 1380. The largest absolute Gasteiger partial charge is 0.399 e. The van der Waals surface area contributed by atoms with Crippen LogP contribution in [0.3, 0.4) is 0 Å². The normalized spacial score (nSPS) is 22.4. The van der Waals surface area contributed by atoms with Crippen molar-refractivity contribution >= 4 is 23.3 Å². The smallest absolute Gasteiger partial charge is 0.293 e. The van der Waals surface area contributed by atoms with Gasteiger partial charge in [0.1, 0.15) is 5.69 Å². The van der Waals surface area contributed by atoms with Gasteiger partial charge in [-0.25, -0.2) is 17.6 Å². The molecule has 2 fully saturated rings. The van der Waals surface area contributed by atoms with Gasteiger partial charge in [0.25, 0.3) is 23.5 Å². The summed E-state index contributed by atoms with van der Waals surface area (Å²) in [5, 5.41) is 4.86. The summed E-state index contributed by atoms with van der Waals surface area (Å²) in [6.45, 7) is 1.50. The molecule has 2 aromatic rings. The SMILES string of the molecule is Cc1c(C(=O)C(=O)NC2(/C(N)=C/NN)CC(F)(F)C2)c2n(c1C(=O)Nc1ccc(F)c(F)c1)C1CC1C2. The average Bonchev–Trinajstić information content (AvgIpc) is 3.38. The maximum absolute atomic E-state index is 13.8. The quantitative estimate of drug-likeness (QED) is 0.124. The van der Waals surface area contributed by atoms with E-state index >= 15 is 0 Å². The van der Waals surface area contributed by atoms with Crippen molar-refractivity contribution < 1.29 is 31.9 Å². The maximum atomic E-state index is 13.8. The predicted molar refractivity (Wildman–Crippen MR) is 123 cm³/mol. The lowest BCUT2D eigenvalue weighted by Crippen LogP contribution is -2.65. The molecule has 0 bridgehead atoms. The molecule has 7 N–H and O–H groups in total. The van der Waals surface area contributed by atoms with Crippen LogP contribution in [0.25, 0.3) is 0 Å². The molecule has 2 heterocycles. The van der Waals surface area contributed by atoms with Crippen molar-refractivity contribution in [3.63, 3.8) is 0 Å². The highest BCUT2D eigenvalue weighted by atomic mass is 19.3. The first-order valence-corrected chi connectivity index (χ1v) is 11.5. The number of fused-ring (bicyclic) bond motifs is 3. The number of hydrogen-bond donors (Lipinski definition) is 5. The zero-order valence-corrected chi connectivity index (χ0v) is 19.6. The first-order chi connectivity index (χ1) is 17.4. The van der Waals surface area contributed by atoms with E-state index < -0.39 is 53.5 Å². The van der Waals surface area contributed by atoms with Crippen LogP contribution in [0.4, 0.5) is 23.2 Å². The first kappa shape index (κ1) is 24.8. The van der Waals surface area contributed by atoms with Crippen LogP contribution in [0.1, 0.15) is 57.4 Å². The minimum atomic E-state index is -3.08. The molecular formula is C24H24F4N6O3. The summed E-state index contributed by atoms with van der Waals surface area (Å²) in [6, 6.07) is 2.87. The van der Waals surface area contributed by atoms with Crippen LogP contribution in [-0.2, 0) is 11.2 Å². The summed E-state index contributed by atoms with van der Waals surface area (Å²) in [6.07, 6.45) is 0.706. The number of carbonyl (C=O) groups excluding carboxylic acids is 3. The van der Waals surface area contributed by atoms with E-state index in [4.69, 9.17) is 11.6 Å². The molecule has 2 unspecified atom stereocenters. The highest BCUT2D eigenvalue weighted by molar-refractivity contribution is 6.44.